The molecule has 1 aromatic carbocycles. The minimum absolute atomic E-state index is 0.522. The summed E-state index contributed by atoms with van der Waals surface area (Å²) in [5.41, 5.74) is 1.19. The number of unbranched alkanes of at least 4 members (excludes halogenated alkanes) is 1. The summed E-state index contributed by atoms with van der Waals surface area (Å²) < 4.78 is 7.53. The van der Waals surface area contributed by atoms with Gasteiger partial charge in [0.05, 0.1) is 21.6 Å². The van der Waals surface area contributed by atoms with E-state index in [1.807, 2.05) is 12.1 Å². The number of hydrogen-bond acceptors (Lipinski definition) is 3. The Morgan fingerprint density at radius 2 is 2.00 bits per heavy atom. The van der Waals surface area contributed by atoms with Gasteiger partial charge in [-0.25, -0.2) is 0 Å². The molecule has 3 nitrogen and oxygen atoms in total. The predicted octanol–water partition coefficient (Wildman–Crippen LogP) is 4.00. The third kappa shape index (κ3) is 4.97. The van der Waals surface area contributed by atoms with Crippen molar-refractivity contribution >= 4 is 31.9 Å². The average Bonchev–Trinajstić information content (AvgIpc) is 2.34. The van der Waals surface area contributed by atoms with E-state index in [0.29, 0.717) is 13.0 Å². The standard InChI is InChI=1S/C13H16Br2N2O/c1-2-17-9-10-7-11(14)13(12(15)8-10)18-6-4-3-5-16/h7-8,17H,2-4,6,9H2,1H3. The maximum atomic E-state index is 8.46. The van der Waals surface area contributed by atoms with Gasteiger partial charge < -0.3 is 10.1 Å². The van der Waals surface area contributed by atoms with Gasteiger partial charge in [0, 0.05) is 13.0 Å². The fourth-order valence-corrected chi connectivity index (χ4v) is 2.96. The van der Waals surface area contributed by atoms with Gasteiger partial charge in [0.1, 0.15) is 5.75 Å². The first kappa shape index (κ1) is 15.5. The van der Waals surface area contributed by atoms with Gasteiger partial charge >= 0.3 is 0 Å². The Labute approximate surface area is 125 Å². The molecule has 1 rings (SSSR count). The number of nitriles is 1. The fraction of sp³-hybridized carbons (Fsp3) is 0.462. The van der Waals surface area contributed by atoms with E-state index in [0.717, 1.165) is 34.2 Å². The van der Waals surface area contributed by atoms with Crippen LogP contribution in [-0.2, 0) is 6.54 Å². The van der Waals surface area contributed by atoms with Gasteiger partial charge in [-0.2, -0.15) is 5.26 Å². The molecule has 0 radical (unpaired) electrons. The van der Waals surface area contributed by atoms with E-state index >= 15 is 0 Å². The van der Waals surface area contributed by atoms with Gasteiger partial charge in [0.15, 0.2) is 0 Å². The molecule has 0 aliphatic heterocycles. The van der Waals surface area contributed by atoms with Crippen LogP contribution in [0.1, 0.15) is 25.3 Å². The normalized spacial score (nSPS) is 10.1. The van der Waals surface area contributed by atoms with Crippen LogP contribution in [-0.4, -0.2) is 13.2 Å². The molecule has 0 heterocycles. The minimum Gasteiger partial charge on any atom is -0.491 e. The van der Waals surface area contributed by atoms with E-state index in [2.05, 4.69) is 50.2 Å². The van der Waals surface area contributed by atoms with Gasteiger partial charge in [0.2, 0.25) is 0 Å². The highest BCUT2D eigenvalue weighted by atomic mass is 79.9. The lowest BCUT2D eigenvalue weighted by Gasteiger charge is -2.12. The van der Waals surface area contributed by atoms with Gasteiger partial charge in [0.25, 0.3) is 0 Å². The van der Waals surface area contributed by atoms with Crippen molar-refractivity contribution in [1.82, 2.24) is 5.32 Å². The molecule has 0 atom stereocenters. The number of rotatable bonds is 7. The van der Waals surface area contributed by atoms with E-state index in [-0.39, 0.29) is 0 Å². The summed E-state index contributed by atoms with van der Waals surface area (Å²) in [5.74, 6) is 0.799. The van der Waals surface area contributed by atoms with Crippen LogP contribution in [0, 0.1) is 11.3 Å². The zero-order valence-corrected chi connectivity index (χ0v) is 13.5. The molecule has 0 bridgehead atoms. The number of ether oxygens (including phenoxy) is 1. The average molecular weight is 376 g/mol. The summed E-state index contributed by atoms with van der Waals surface area (Å²) >= 11 is 7.02. The molecule has 0 saturated heterocycles. The van der Waals surface area contributed by atoms with Crippen molar-refractivity contribution in [2.45, 2.75) is 26.3 Å². The number of hydrogen-bond donors (Lipinski definition) is 1. The fourth-order valence-electron chi connectivity index (χ4n) is 1.45. The minimum atomic E-state index is 0.522. The molecule has 98 valence electrons. The van der Waals surface area contributed by atoms with Gasteiger partial charge in [-0.3, -0.25) is 0 Å². The number of halogens is 2. The van der Waals surface area contributed by atoms with E-state index in [1.165, 1.54) is 5.56 Å². The highest BCUT2D eigenvalue weighted by molar-refractivity contribution is 9.11. The van der Waals surface area contributed by atoms with Crippen LogP contribution in [0.4, 0.5) is 0 Å². The number of nitrogens with zero attached hydrogens (tertiary/aromatic N) is 1. The molecule has 18 heavy (non-hydrogen) atoms. The zero-order chi connectivity index (χ0) is 13.4. The third-order valence-electron chi connectivity index (χ3n) is 2.32. The van der Waals surface area contributed by atoms with Gasteiger partial charge in [-0.1, -0.05) is 6.92 Å². The van der Waals surface area contributed by atoms with Crippen molar-refractivity contribution in [3.63, 3.8) is 0 Å². The highest BCUT2D eigenvalue weighted by Crippen LogP contribution is 2.34. The lowest BCUT2D eigenvalue weighted by molar-refractivity contribution is 0.309. The lowest BCUT2D eigenvalue weighted by atomic mass is 10.2. The van der Waals surface area contributed by atoms with E-state index < -0.39 is 0 Å². The summed E-state index contributed by atoms with van der Waals surface area (Å²) in [6, 6.07) is 6.20. The molecular weight excluding hydrogens is 360 g/mol. The first-order chi connectivity index (χ1) is 8.69. The largest absolute Gasteiger partial charge is 0.491 e. The first-order valence-corrected chi connectivity index (χ1v) is 7.46. The topological polar surface area (TPSA) is 45.0 Å². The van der Waals surface area contributed by atoms with Gasteiger partial charge in [-0.05, 0) is 62.5 Å². The monoisotopic (exact) mass is 374 g/mol. The molecule has 1 aromatic rings. The molecule has 0 aliphatic carbocycles. The smallest absolute Gasteiger partial charge is 0.147 e. The maximum Gasteiger partial charge on any atom is 0.147 e. The lowest BCUT2D eigenvalue weighted by Crippen LogP contribution is -2.11. The van der Waals surface area contributed by atoms with Crippen molar-refractivity contribution in [3.05, 3.63) is 26.6 Å². The third-order valence-corrected chi connectivity index (χ3v) is 3.49. The van der Waals surface area contributed by atoms with E-state index in [1.54, 1.807) is 0 Å². The molecule has 0 spiro atoms. The summed E-state index contributed by atoms with van der Waals surface area (Å²) in [6.07, 6.45) is 1.27. The summed E-state index contributed by atoms with van der Waals surface area (Å²) in [4.78, 5) is 0. The van der Waals surface area contributed by atoms with E-state index in [4.69, 9.17) is 10.00 Å². The summed E-state index contributed by atoms with van der Waals surface area (Å²) in [7, 11) is 0. The molecule has 1 N–H and O–H groups in total. The molecule has 0 aromatic heterocycles. The Morgan fingerprint density at radius 3 is 2.56 bits per heavy atom. The Morgan fingerprint density at radius 1 is 1.33 bits per heavy atom. The van der Waals surface area contributed by atoms with Crippen LogP contribution < -0.4 is 10.1 Å². The van der Waals surface area contributed by atoms with Crippen LogP contribution in [0.2, 0.25) is 0 Å². The van der Waals surface area contributed by atoms with E-state index in [9.17, 15) is 0 Å². The zero-order valence-electron chi connectivity index (χ0n) is 10.3. The molecular formula is C13H16Br2N2O. The van der Waals surface area contributed by atoms with Crippen LogP contribution in [0.3, 0.4) is 0 Å². The number of nitrogens with one attached hydrogen (secondary N) is 1. The maximum absolute atomic E-state index is 8.46. The van der Waals surface area contributed by atoms with Crippen LogP contribution in [0.5, 0.6) is 5.75 Å². The molecule has 0 saturated carbocycles. The Bertz CT molecular complexity index is 406. The quantitative estimate of drug-likeness (QED) is 0.732. The summed E-state index contributed by atoms with van der Waals surface area (Å²) in [5, 5.41) is 11.7. The van der Waals surface area contributed by atoms with Crippen LogP contribution >= 0.6 is 31.9 Å². The molecule has 0 amide bonds. The Balaban J connectivity index is 2.66. The van der Waals surface area contributed by atoms with Gasteiger partial charge in [-0.15, -0.1) is 0 Å². The second-order valence-electron chi connectivity index (χ2n) is 3.78. The van der Waals surface area contributed by atoms with Crippen LogP contribution in [0.15, 0.2) is 21.1 Å². The highest BCUT2D eigenvalue weighted by Gasteiger charge is 2.08. The number of benzene rings is 1. The second kappa shape index (κ2) is 8.52. The summed E-state index contributed by atoms with van der Waals surface area (Å²) in [6.45, 7) is 4.41. The van der Waals surface area contributed by atoms with Crippen LogP contribution in [0.25, 0.3) is 0 Å². The SMILES string of the molecule is CCNCc1cc(Br)c(OCCCC#N)c(Br)c1. The van der Waals surface area contributed by atoms with Crippen molar-refractivity contribution < 1.29 is 4.74 Å². The molecule has 5 heteroatoms. The first-order valence-electron chi connectivity index (χ1n) is 5.87. The molecule has 0 aliphatic rings. The van der Waals surface area contributed by atoms with Crippen molar-refractivity contribution in [1.29, 1.82) is 5.26 Å². The van der Waals surface area contributed by atoms with Crippen molar-refractivity contribution in [2.24, 2.45) is 0 Å². The predicted molar refractivity (Wildman–Crippen MR) is 79.6 cm³/mol. The Kier molecular flexibility index (Phi) is 7.33. The molecule has 0 fully saturated rings. The van der Waals surface area contributed by atoms with Crippen molar-refractivity contribution in [2.75, 3.05) is 13.2 Å². The Hall–Kier alpha value is -0.570. The second-order valence-corrected chi connectivity index (χ2v) is 5.49. The van der Waals surface area contributed by atoms with Crippen molar-refractivity contribution in [3.8, 4) is 11.8 Å². The molecule has 0 unspecified atom stereocenters.